The Bertz CT molecular complexity index is 1120. The van der Waals surface area contributed by atoms with E-state index < -0.39 is 24.1 Å². The van der Waals surface area contributed by atoms with Gasteiger partial charge in [-0.3, -0.25) is 0 Å². The van der Waals surface area contributed by atoms with Gasteiger partial charge < -0.3 is 39.4 Å². The highest BCUT2D eigenvalue weighted by Gasteiger charge is 2.20. The van der Waals surface area contributed by atoms with E-state index in [2.05, 4.69) is 23.8 Å². The summed E-state index contributed by atoms with van der Waals surface area (Å²) in [6.45, 7) is 5.88. The van der Waals surface area contributed by atoms with Gasteiger partial charge in [-0.2, -0.15) is 0 Å². The molecule has 0 aliphatic carbocycles. The lowest BCUT2D eigenvalue weighted by molar-refractivity contribution is -0.138. The van der Waals surface area contributed by atoms with E-state index >= 15 is 0 Å². The van der Waals surface area contributed by atoms with Crippen molar-refractivity contribution >= 4 is 34.9 Å². The van der Waals surface area contributed by atoms with Crippen molar-refractivity contribution in [1.82, 2.24) is 10.6 Å². The van der Waals surface area contributed by atoms with Gasteiger partial charge in [0.2, 0.25) is 0 Å². The van der Waals surface area contributed by atoms with E-state index in [0.29, 0.717) is 10.8 Å². The molecule has 2 aromatic rings. The molecule has 0 saturated carbocycles. The first kappa shape index (κ1) is 27.7. The van der Waals surface area contributed by atoms with Crippen molar-refractivity contribution in [2.45, 2.75) is 0 Å². The summed E-state index contributed by atoms with van der Waals surface area (Å²) in [5.41, 5.74) is 0. The normalized spacial score (nSPS) is 10.0. The number of carbonyl (C=O) groups is 4. The van der Waals surface area contributed by atoms with E-state index in [0.717, 1.165) is 12.2 Å². The number of fused-ring (bicyclic) bond motifs is 1. The molecule has 0 bridgehead atoms. The van der Waals surface area contributed by atoms with Crippen LogP contribution in [0.5, 0.6) is 17.2 Å². The van der Waals surface area contributed by atoms with Gasteiger partial charge in [0.15, 0.2) is 11.5 Å². The summed E-state index contributed by atoms with van der Waals surface area (Å²) in [5, 5.41) is 14.8. The lowest BCUT2D eigenvalue weighted by Crippen LogP contribution is -2.31. The molecule has 0 aromatic heterocycles. The second-order valence-corrected chi connectivity index (χ2v) is 6.70. The molecule has 12 heteroatoms. The number of benzene rings is 2. The number of nitrogens with one attached hydrogen (secondary N) is 2. The highest BCUT2D eigenvalue weighted by molar-refractivity contribution is 5.98. The molecular weight excluding hydrogens is 476 g/mol. The number of ether oxygens (including phenoxy) is 5. The molecule has 0 aliphatic heterocycles. The summed E-state index contributed by atoms with van der Waals surface area (Å²) >= 11 is 0. The van der Waals surface area contributed by atoms with Crippen molar-refractivity contribution in [3.63, 3.8) is 0 Å². The van der Waals surface area contributed by atoms with E-state index in [9.17, 15) is 24.3 Å². The van der Waals surface area contributed by atoms with Crippen LogP contribution in [-0.2, 0) is 19.1 Å². The molecule has 0 aliphatic rings. The summed E-state index contributed by atoms with van der Waals surface area (Å²) in [7, 11) is 0. The number of amides is 2. The van der Waals surface area contributed by atoms with Gasteiger partial charge in [-0.1, -0.05) is 37.4 Å². The Morgan fingerprint density at radius 1 is 0.806 bits per heavy atom. The molecule has 12 nitrogen and oxygen atoms in total. The Balaban J connectivity index is 2.19. The van der Waals surface area contributed by atoms with Crippen molar-refractivity contribution in [2.24, 2.45) is 0 Å². The molecule has 2 amide bonds. The van der Waals surface area contributed by atoms with Crippen LogP contribution in [0.3, 0.4) is 0 Å². The number of aliphatic hydroxyl groups is 1. The summed E-state index contributed by atoms with van der Waals surface area (Å²) in [5.74, 6) is -1.13. The van der Waals surface area contributed by atoms with E-state index in [1.807, 2.05) is 0 Å². The van der Waals surface area contributed by atoms with E-state index in [-0.39, 0.29) is 56.8 Å². The van der Waals surface area contributed by atoms with Gasteiger partial charge in [-0.15, -0.1) is 0 Å². The SMILES string of the molecule is C=CC(=O)OCCNC(=O)Oc1cc(OCCO)c(OC(=O)NCCOC(=O)C=C)c2ccccc12. The average molecular weight is 502 g/mol. The zero-order chi connectivity index (χ0) is 26.3. The van der Waals surface area contributed by atoms with Crippen molar-refractivity contribution in [1.29, 1.82) is 0 Å². The predicted molar refractivity (Wildman–Crippen MR) is 127 cm³/mol. The zero-order valence-corrected chi connectivity index (χ0v) is 19.3. The van der Waals surface area contributed by atoms with Crippen LogP contribution < -0.4 is 24.8 Å². The fraction of sp³-hybridized carbons (Fsp3) is 0.250. The maximum absolute atomic E-state index is 12.3. The van der Waals surface area contributed by atoms with Crippen molar-refractivity contribution in [2.75, 3.05) is 39.5 Å². The number of hydrogen-bond donors (Lipinski definition) is 3. The van der Waals surface area contributed by atoms with Gasteiger partial charge in [-0.05, 0) is 0 Å². The molecule has 0 saturated heterocycles. The Morgan fingerprint density at radius 2 is 1.36 bits per heavy atom. The Morgan fingerprint density at radius 3 is 1.92 bits per heavy atom. The number of hydrogen-bond acceptors (Lipinski definition) is 10. The third kappa shape index (κ3) is 8.65. The maximum Gasteiger partial charge on any atom is 0.412 e. The summed E-state index contributed by atoms with van der Waals surface area (Å²) in [4.78, 5) is 46.7. The molecule has 36 heavy (non-hydrogen) atoms. The zero-order valence-electron chi connectivity index (χ0n) is 19.3. The highest BCUT2D eigenvalue weighted by Crippen LogP contribution is 2.41. The second-order valence-electron chi connectivity index (χ2n) is 6.70. The fourth-order valence-corrected chi connectivity index (χ4v) is 2.74. The van der Waals surface area contributed by atoms with Gasteiger partial charge in [0.1, 0.15) is 25.6 Å². The molecular formula is C24H26N2O10. The molecule has 3 N–H and O–H groups in total. The lowest BCUT2D eigenvalue weighted by Gasteiger charge is -2.17. The van der Waals surface area contributed by atoms with Gasteiger partial charge in [-0.25, -0.2) is 19.2 Å². The standard InChI is InChI=1S/C24H26N2O10/c1-3-20(28)33-12-9-25-23(30)35-18-15-19(32-14-11-27)22(17-8-6-5-7-16(17)18)36-24(31)26-10-13-34-21(29)4-2/h3-8,15,27H,1-2,9-14H2,(H,25,30)(H,26,31). The van der Waals surface area contributed by atoms with Crippen LogP contribution in [-0.4, -0.2) is 68.7 Å². The number of esters is 2. The first-order valence-corrected chi connectivity index (χ1v) is 10.7. The lowest BCUT2D eigenvalue weighted by atomic mass is 10.1. The van der Waals surface area contributed by atoms with Crippen LogP contribution in [0.2, 0.25) is 0 Å². The minimum absolute atomic E-state index is 0.00626. The summed E-state index contributed by atoms with van der Waals surface area (Å²) in [6.07, 6.45) is 0.309. The molecule has 2 rings (SSSR count). The van der Waals surface area contributed by atoms with Crippen molar-refractivity contribution < 1.29 is 48.0 Å². The van der Waals surface area contributed by atoms with E-state index in [4.69, 9.17) is 23.7 Å². The molecule has 2 aromatic carbocycles. The molecule has 0 heterocycles. The number of aliphatic hydroxyl groups excluding tert-OH is 1. The minimum atomic E-state index is -0.857. The molecule has 0 radical (unpaired) electrons. The van der Waals surface area contributed by atoms with Gasteiger partial charge in [0, 0.05) is 29.0 Å². The Labute approximate surface area is 206 Å². The number of carbonyl (C=O) groups excluding carboxylic acids is 4. The summed E-state index contributed by atoms with van der Waals surface area (Å²) in [6, 6.07) is 7.96. The minimum Gasteiger partial charge on any atom is -0.487 e. The Hall–Kier alpha value is -4.58. The van der Waals surface area contributed by atoms with Crippen molar-refractivity contribution in [3.05, 3.63) is 55.6 Å². The van der Waals surface area contributed by atoms with E-state index in [1.54, 1.807) is 24.3 Å². The van der Waals surface area contributed by atoms with Gasteiger partial charge in [0.05, 0.1) is 19.7 Å². The third-order valence-corrected chi connectivity index (χ3v) is 4.23. The van der Waals surface area contributed by atoms with Crippen LogP contribution in [0.25, 0.3) is 10.8 Å². The third-order valence-electron chi connectivity index (χ3n) is 4.23. The Kier molecular flexibility index (Phi) is 11.2. The van der Waals surface area contributed by atoms with Crippen molar-refractivity contribution in [3.8, 4) is 17.2 Å². The quantitative estimate of drug-likeness (QED) is 0.210. The first-order valence-electron chi connectivity index (χ1n) is 10.7. The molecule has 0 fully saturated rings. The molecule has 192 valence electrons. The monoisotopic (exact) mass is 502 g/mol. The van der Waals surface area contributed by atoms with Gasteiger partial charge in [0.25, 0.3) is 0 Å². The maximum atomic E-state index is 12.3. The predicted octanol–water partition coefficient (Wildman–Crippen LogP) is 1.85. The van der Waals surface area contributed by atoms with Crippen LogP contribution in [0, 0.1) is 0 Å². The highest BCUT2D eigenvalue weighted by atomic mass is 16.6. The van der Waals surface area contributed by atoms with E-state index in [1.165, 1.54) is 6.07 Å². The second kappa shape index (κ2) is 14.6. The fourth-order valence-electron chi connectivity index (χ4n) is 2.74. The van der Waals surface area contributed by atoms with Crippen LogP contribution in [0.1, 0.15) is 0 Å². The molecule has 0 atom stereocenters. The van der Waals surface area contributed by atoms with Crippen LogP contribution in [0.4, 0.5) is 9.59 Å². The van der Waals surface area contributed by atoms with Crippen LogP contribution in [0.15, 0.2) is 55.6 Å². The smallest absolute Gasteiger partial charge is 0.412 e. The molecule has 0 spiro atoms. The average Bonchev–Trinajstić information content (AvgIpc) is 2.89. The first-order chi connectivity index (χ1) is 17.4. The number of rotatable bonds is 13. The van der Waals surface area contributed by atoms with Gasteiger partial charge >= 0.3 is 24.1 Å². The topological polar surface area (TPSA) is 159 Å². The van der Waals surface area contributed by atoms with Crippen LogP contribution >= 0.6 is 0 Å². The largest absolute Gasteiger partial charge is 0.487 e. The molecule has 0 unspecified atom stereocenters. The summed E-state index contributed by atoms with van der Waals surface area (Å²) < 4.78 is 25.9.